The minimum absolute atomic E-state index is 0.0254. The molecular formula is C25H27N5O2. The van der Waals surface area contributed by atoms with Crippen LogP contribution in [0.25, 0.3) is 5.57 Å². The molecule has 0 saturated carbocycles. The Morgan fingerprint density at radius 1 is 1.16 bits per heavy atom. The highest BCUT2D eigenvalue weighted by molar-refractivity contribution is 6.09. The van der Waals surface area contributed by atoms with Crippen molar-refractivity contribution in [2.45, 2.75) is 19.8 Å². The van der Waals surface area contributed by atoms with E-state index in [0.717, 1.165) is 12.8 Å². The number of hydrogen-bond acceptors (Lipinski definition) is 4. The second-order valence-corrected chi connectivity index (χ2v) is 7.09. The van der Waals surface area contributed by atoms with Gasteiger partial charge in [-0.2, -0.15) is 0 Å². The van der Waals surface area contributed by atoms with Gasteiger partial charge in [0.05, 0.1) is 12.5 Å². The molecule has 0 bridgehead atoms. The van der Waals surface area contributed by atoms with Gasteiger partial charge in [-0.1, -0.05) is 48.6 Å². The molecule has 2 amide bonds. The molecule has 0 radical (unpaired) electrons. The number of carbonyl (C=O) groups excluding carboxylic acids is 2. The molecule has 0 atom stereocenters. The number of nitrogens with one attached hydrogen (secondary N) is 2. The fourth-order valence-electron chi connectivity index (χ4n) is 3.25. The summed E-state index contributed by atoms with van der Waals surface area (Å²) in [5, 5.41) is 2.69. The lowest BCUT2D eigenvalue weighted by atomic mass is 10.0. The summed E-state index contributed by atoms with van der Waals surface area (Å²) in [7, 11) is 0. The fraction of sp³-hybridized carbons (Fsp3) is 0.200. The molecule has 32 heavy (non-hydrogen) atoms. The Morgan fingerprint density at radius 2 is 2.00 bits per heavy atom. The van der Waals surface area contributed by atoms with Crippen molar-refractivity contribution in [1.29, 1.82) is 0 Å². The normalized spacial score (nSPS) is 15.3. The Morgan fingerprint density at radius 3 is 2.75 bits per heavy atom. The molecule has 1 aromatic heterocycles. The molecule has 2 N–H and O–H groups in total. The zero-order chi connectivity index (χ0) is 22.6. The molecule has 1 aliphatic heterocycles. The average Bonchev–Trinajstić information content (AvgIpc) is 3.24. The molecule has 2 heterocycles. The summed E-state index contributed by atoms with van der Waals surface area (Å²) in [5.74, 6) is 0.0285. The van der Waals surface area contributed by atoms with Gasteiger partial charge < -0.3 is 15.2 Å². The Balaban J connectivity index is 1.52. The van der Waals surface area contributed by atoms with Gasteiger partial charge >= 0.3 is 0 Å². The lowest BCUT2D eigenvalue weighted by Gasteiger charge is -2.18. The summed E-state index contributed by atoms with van der Waals surface area (Å²) >= 11 is 0. The van der Waals surface area contributed by atoms with Crippen LogP contribution in [0, 0.1) is 0 Å². The molecule has 0 unspecified atom stereocenters. The molecule has 2 aromatic rings. The third kappa shape index (κ3) is 6.77. The van der Waals surface area contributed by atoms with Crippen LogP contribution in [0.15, 0.2) is 90.5 Å². The third-order valence-corrected chi connectivity index (χ3v) is 4.86. The number of carbonyl (C=O) groups is 2. The van der Waals surface area contributed by atoms with Crippen molar-refractivity contribution in [3.63, 3.8) is 0 Å². The van der Waals surface area contributed by atoms with Gasteiger partial charge in [0.2, 0.25) is 5.91 Å². The van der Waals surface area contributed by atoms with E-state index in [2.05, 4.69) is 38.5 Å². The molecular weight excluding hydrogens is 402 g/mol. The van der Waals surface area contributed by atoms with E-state index in [4.69, 9.17) is 0 Å². The van der Waals surface area contributed by atoms with Crippen LogP contribution in [0.4, 0.5) is 0 Å². The molecule has 3 rings (SSSR count). The SMILES string of the molecule is C\C=C/C(=N\C=C\C=C\C(=O)N1CCC=C(c2ccccc2)CC1)NC(=O)c1cnc[nH]1. The first-order valence-corrected chi connectivity index (χ1v) is 10.5. The summed E-state index contributed by atoms with van der Waals surface area (Å²) in [6.45, 7) is 3.22. The number of rotatable bonds is 6. The number of H-pyrrole nitrogens is 1. The number of amidine groups is 1. The number of amides is 2. The summed E-state index contributed by atoms with van der Waals surface area (Å²) in [5.41, 5.74) is 2.85. The Bertz CT molecular complexity index is 1050. The van der Waals surface area contributed by atoms with Crippen LogP contribution in [0.5, 0.6) is 0 Å². The van der Waals surface area contributed by atoms with Crippen LogP contribution in [0.3, 0.4) is 0 Å². The maximum absolute atomic E-state index is 12.5. The van der Waals surface area contributed by atoms with E-state index in [0.29, 0.717) is 24.6 Å². The largest absolute Gasteiger partial charge is 0.341 e. The number of aliphatic imine (C=N–C) groups is 1. The summed E-state index contributed by atoms with van der Waals surface area (Å²) in [4.78, 5) is 37.3. The van der Waals surface area contributed by atoms with Crippen LogP contribution in [0.2, 0.25) is 0 Å². The fourth-order valence-corrected chi connectivity index (χ4v) is 3.25. The highest BCUT2D eigenvalue weighted by Gasteiger charge is 2.14. The second-order valence-electron chi connectivity index (χ2n) is 7.09. The van der Waals surface area contributed by atoms with E-state index in [1.165, 1.54) is 35.9 Å². The van der Waals surface area contributed by atoms with Crippen LogP contribution in [-0.2, 0) is 4.79 Å². The minimum Gasteiger partial charge on any atom is -0.341 e. The molecule has 0 spiro atoms. The van der Waals surface area contributed by atoms with Gasteiger partial charge in [-0.05, 0) is 43.1 Å². The molecule has 0 aliphatic carbocycles. The number of benzene rings is 1. The monoisotopic (exact) mass is 429 g/mol. The minimum atomic E-state index is -0.330. The number of allylic oxidation sites excluding steroid dienone is 3. The zero-order valence-electron chi connectivity index (χ0n) is 18.1. The zero-order valence-corrected chi connectivity index (χ0v) is 18.1. The van der Waals surface area contributed by atoms with E-state index < -0.39 is 0 Å². The molecule has 0 fully saturated rings. The van der Waals surface area contributed by atoms with E-state index in [1.54, 1.807) is 24.3 Å². The molecule has 7 heteroatoms. The van der Waals surface area contributed by atoms with E-state index in [1.807, 2.05) is 30.0 Å². The molecule has 7 nitrogen and oxygen atoms in total. The first-order chi connectivity index (χ1) is 15.7. The first kappa shape index (κ1) is 22.7. The topological polar surface area (TPSA) is 90.4 Å². The quantitative estimate of drug-likeness (QED) is 0.316. The van der Waals surface area contributed by atoms with Gasteiger partial charge in [0.15, 0.2) is 0 Å². The van der Waals surface area contributed by atoms with Crippen LogP contribution < -0.4 is 5.32 Å². The lowest BCUT2D eigenvalue weighted by Crippen LogP contribution is -2.30. The van der Waals surface area contributed by atoms with Gasteiger partial charge in [-0.3, -0.25) is 9.59 Å². The molecule has 1 aliphatic rings. The number of aromatic nitrogens is 2. The van der Waals surface area contributed by atoms with Crippen molar-refractivity contribution in [1.82, 2.24) is 20.2 Å². The van der Waals surface area contributed by atoms with Crippen LogP contribution in [0.1, 0.15) is 35.8 Å². The first-order valence-electron chi connectivity index (χ1n) is 10.5. The van der Waals surface area contributed by atoms with Crippen molar-refractivity contribution in [2.75, 3.05) is 13.1 Å². The van der Waals surface area contributed by atoms with Gasteiger partial charge in [-0.15, -0.1) is 0 Å². The number of imidazole rings is 1. The predicted molar refractivity (Wildman–Crippen MR) is 127 cm³/mol. The van der Waals surface area contributed by atoms with E-state index >= 15 is 0 Å². The number of hydrogen-bond donors (Lipinski definition) is 2. The average molecular weight is 430 g/mol. The summed E-state index contributed by atoms with van der Waals surface area (Å²) in [6.07, 6.45) is 16.6. The van der Waals surface area contributed by atoms with Gasteiger partial charge in [-0.25, -0.2) is 9.98 Å². The number of aromatic amines is 1. The maximum Gasteiger partial charge on any atom is 0.274 e. The summed E-state index contributed by atoms with van der Waals surface area (Å²) in [6, 6.07) is 10.3. The molecule has 164 valence electrons. The Hall–Kier alpha value is -4.00. The second kappa shape index (κ2) is 12.0. The third-order valence-electron chi connectivity index (χ3n) is 4.86. The summed E-state index contributed by atoms with van der Waals surface area (Å²) < 4.78 is 0. The van der Waals surface area contributed by atoms with Gasteiger partial charge in [0.25, 0.3) is 5.91 Å². The van der Waals surface area contributed by atoms with E-state index in [9.17, 15) is 9.59 Å². The molecule has 1 aromatic carbocycles. The smallest absolute Gasteiger partial charge is 0.274 e. The lowest BCUT2D eigenvalue weighted by molar-refractivity contribution is -0.125. The van der Waals surface area contributed by atoms with Crippen molar-refractivity contribution in [2.24, 2.45) is 4.99 Å². The van der Waals surface area contributed by atoms with Crippen molar-refractivity contribution in [3.8, 4) is 0 Å². The molecule has 0 saturated heterocycles. The Labute approximate surface area is 188 Å². The highest BCUT2D eigenvalue weighted by atomic mass is 16.2. The Kier molecular flexibility index (Phi) is 8.50. The number of nitrogens with zero attached hydrogens (tertiary/aromatic N) is 3. The van der Waals surface area contributed by atoms with Gasteiger partial charge in [0, 0.05) is 25.4 Å². The van der Waals surface area contributed by atoms with Crippen LogP contribution in [-0.4, -0.2) is 45.6 Å². The maximum atomic E-state index is 12.5. The van der Waals surface area contributed by atoms with Gasteiger partial charge in [0.1, 0.15) is 11.5 Å². The van der Waals surface area contributed by atoms with Crippen LogP contribution >= 0.6 is 0 Å². The standard InChI is InChI=1S/C25H27N5O2/c1-2-9-23(29-25(32)22-18-26-19-28-22)27-15-7-6-13-24(31)30-16-8-12-21(14-17-30)20-10-4-3-5-11-20/h2-7,9-13,15,18-19H,8,14,16-17H2,1H3,(H,26,28)(H,27,29,32)/b9-2-,13-6+,15-7+. The highest BCUT2D eigenvalue weighted by Crippen LogP contribution is 2.22. The van der Waals surface area contributed by atoms with Crippen molar-refractivity contribution in [3.05, 3.63) is 96.8 Å². The predicted octanol–water partition coefficient (Wildman–Crippen LogP) is 3.89. The van der Waals surface area contributed by atoms with E-state index in [-0.39, 0.29) is 11.8 Å². The van der Waals surface area contributed by atoms with Crippen molar-refractivity contribution >= 4 is 23.2 Å². The van der Waals surface area contributed by atoms with Crippen molar-refractivity contribution < 1.29 is 9.59 Å².